The van der Waals surface area contributed by atoms with Crippen molar-refractivity contribution in [2.75, 3.05) is 20.6 Å². The van der Waals surface area contributed by atoms with Crippen molar-refractivity contribution in [3.05, 3.63) is 0 Å². The zero-order valence-corrected chi connectivity index (χ0v) is 7.41. The van der Waals surface area contributed by atoms with Crippen LogP contribution in [0.25, 0.3) is 0 Å². The average molecular weight is 144 g/mol. The standard InChI is InChI=1S/C5H8ClN.Mg.2H/c1-7(2)5-3-4-6;;;/h5H2,1-2H3;;;/q;+2;2*-1. The zero-order valence-electron chi connectivity index (χ0n) is 7.24. The summed E-state index contributed by atoms with van der Waals surface area (Å²) in [4.78, 5) is 1.95. The van der Waals surface area contributed by atoms with Crippen LogP contribution in [0.5, 0.6) is 0 Å². The molecule has 0 unspecified atom stereocenters. The maximum atomic E-state index is 5.06. The second-order valence-electron chi connectivity index (χ2n) is 1.51. The third-order valence-electron chi connectivity index (χ3n) is 0.462. The van der Waals surface area contributed by atoms with Gasteiger partial charge in [-0.2, -0.15) is 0 Å². The Morgan fingerprint density at radius 3 is 2.25 bits per heavy atom. The summed E-state index contributed by atoms with van der Waals surface area (Å²) in [6.45, 7) is 0.740. The zero-order chi connectivity index (χ0) is 5.70. The molecule has 0 saturated carbocycles. The largest absolute Gasteiger partial charge is 2.00 e. The smallest absolute Gasteiger partial charge is 1.00 e. The Bertz CT molecular complexity index is 99.6. The summed E-state index contributed by atoms with van der Waals surface area (Å²) >= 11 is 5.06. The van der Waals surface area contributed by atoms with E-state index in [0.29, 0.717) is 0 Å². The molecule has 0 aliphatic heterocycles. The van der Waals surface area contributed by atoms with Gasteiger partial charge < -0.3 is 2.85 Å². The molecule has 0 rings (SSSR count). The molecular formula is C5H10ClMgN. The van der Waals surface area contributed by atoms with Crippen molar-refractivity contribution < 1.29 is 2.85 Å². The quantitative estimate of drug-likeness (QED) is 0.384. The Morgan fingerprint density at radius 1 is 1.62 bits per heavy atom. The van der Waals surface area contributed by atoms with Gasteiger partial charge in [0, 0.05) is 5.38 Å². The van der Waals surface area contributed by atoms with Crippen molar-refractivity contribution in [1.29, 1.82) is 0 Å². The minimum atomic E-state index is 0. The monoisotopic (exact) mass is 143 g/mol. The molecule has 0 fully saturated rings. The Balaban J connectivity index is -0.0000000600. The van der Waals surface area contributed by atoms with E-state index in [4.69, 9.17) is 11.6 Å². The Labute approximate surface area is 74.5 Å². The molecule has 0 aromatic rings. The fourth-order valence-corrected chi connectivity index (χ4v) is 0.248. The van der Waals surface area contributed by atoms with E-state index in [2.05, 4.69) is 11.3 Å². The van der Waals surface area contributed by atoms with E-state index < -0.39 is 0 Å². The van der Waals surface area contributed by atoms with E-state index in [-0.39, 0.29) is 25.9 Å². The number of nitrogens with zero attached hydrogens (tertiary/aromatic N) is 1. The van der Waals surface area contributed by atoms with E-state index in [9.17, 15) is 0 Å². The predicted molar refractivity (Wildman–Crippen MR) is 40.2 cm³/mol. The first-order valence-electron chi connectivity index (χ1n) is 2.00. The molecule has 0 amide bonds. The van der Waals surface area contributed by atoms with Crippen LogP contribution in [0.15, 0.2) is 0 Å². The van der Waals surface area contributed by atoms with E-state index >= 15 is 0 Å². The van der Waals surface area contributed by atoms with Gasteiger partial charge >= 0.3 is 23.1 Å². The third-order valence-corrected chi connectivity index (χ3v) is 0.596. The summed E-state index contributed by atoms with van der Waals surface area (Å²) in [5.41, 5.74) is 0. The Morgan fingerprint density at radius 2 is 2.12 bits per heavy atom. The molecule has 0 aliphatic carbocycles. The van der Waals surface area contributed by atoms with Crippen LogP contribution in [0.4, 0.5) is 0 Å². The SMILES string of the molecule is CN(C)CC#CCl.[H-].[H-].[Mg+2]. The Hall–Kier alpha value is 0.576. The summed E-state index contributed by atoms with van der Waals surface area (Å²) < 4.78 is 0. The normalized spacial score (nSPS) is 7.00. The fraction of sp³-hybridized carbons (Fsp3) is 0.600. The van der Waals surface area contributed by atoms with Crippen LogP contribution in [0.1, 0.15) is 2.85 Å². The molecule has 1 nitrogen and oxygen atoms in total. The minimum absolute atomic E-state index is 0. The fourth-order valence-electron chi connectivity index (χ4n) is 0.188. The van der Waals surface area contributed by atoms with Crippen LogP contribution >= 0.6 is 11.6 Å². The first-order chi connectivity index (χ1) is 3.27. The summed E-state index contributed by atoms with van der Waals surface area (Å²) in [5.74, 6) is 2.69. The van der Waals surface area contributed by atoms with E-state index in [1.165, 1.54) is 0 Å². The molecule has 8 heavy (non-hydrogen) atoms. The minimum Gasteiger partial charge on any atom is -1.00 e. The van der Waals surface area contributed by atoms with Crippen molar-refractivity contribution in [2.45, 2.75) is 0 Å². The second kappa shape index (κ2) is 7.58. The first-order valence-corrected chi connectivity index (χ1v) is 2.38. The molecule has 0 atom stereocenters. The summed E-state index contributed by atoms with van der Waals surface area (Å²) in [7, 11) is 3.89. The summed E-state index contributed by atoms with van der Waals surface area (Å²) in [5, 5.41) is 2.28. The van der Waals surface area contributed by atoms with Gasteiger partial charge in [0.05, 0.1) is 6.54 Å². The maximum Gasteiger partial charge on any atom is 2.00 e. The van der Waals surface area contributed by atoms with Crippen LogP contribution in [0.3, 0.4) is 0 Å². The third kappa shape index (κ3) is 9.76. The van der Waals surface area contributed by atoms with Crippen molar-refractivity contribution in [3.63, 3.8) is 0 Å². The van der Waals surface area contributed by atoms with Crippen molar-refractivity contribution in [2.24, 2.45) is 0 Å². The van der Waals surface area contributed by atoms with Gasteiger partial charge in [0.1, 0.15) is 0 Å². The molecule has 44 valence electrons. The molecule has 0 aromatic heterocycles. The van der Waals surface area contributed by atoms with Crippen molar-refractivity contribution in [1.82, 2.24) is 4.90 Å². The molecule has 0 spiro atoms. The van der Waals surface area contributed by atoms with E-state index in [1.807, 2.05) is 19.0 Å². The summed E-state index contributed by atoms with van der Waals surface area (Å²) in [6.07, 6.45) is 0. The van der Waals surface area contributed by atoms with Crippen LogP contribution in [0.2, 0.25) is 0 Å². The van der Waals surface area contributed by atoms with Crippen LogP contribution in [-0.4, -0.2) is 48.6 Å². The van der Waals surface area contributed by atoms with Crippen LogP contribution in [0, 0.1) is 11.3 Å². The van der Waals surface area contributed by atoms with Gasteiger partial charge in [-0.3, -0.25) is 4.90 Å². The molecular weight excluding hydrogens is 134 g/mol. The van der Waals surface area contributed by atoms with Gasteiger partial charge in [-0.25, -0.2) is 0 Å². The van der Waals surface area contributed by atoms with Crippen molar-refractivity contribution >= 4 is 34.7 Å². The van der Waals surface area contributed by atoms with Gasteiger partial charge in [0.25, 0.3) is 0 Å². The molecule has 0 heterocycles. The van der Waals surface area contributed by atoms with Gasteiger partial charge in [0.15, 0.2) is 0 Å². The van der Waals surface area contributed by atoms with Gasteiger partial charge in [0.2, 0.25) is 0 Å². The Kier molecular flexibility index (Phi) is 10.8. The molecule has 0 saturated heterocycles. The second-order valence-corrected chi connectivity index (χ2v) is 1.70. The molecule has 0 radical (unpaired) electrons. The van der Waals surface area contributed by atoms with Crippen LogP contribution in [-0.2, 0) is 0 Å². The number of halogens is 1. The average Bonchev–Trinajstić information content (AvgIpc) is 1.61. The molecule has 3 heteroatoms. The number of rotatable bonds is 1. The van der Waals surface area contributed by atoms with E-state index in [0.717, 1.165) is 6.54 Å². The molecule has 0 aromatic carbocycles. The topological polar surface area (TPSA) is 3.24 Å². The summed E-state index contributed by atoms with van der Waals surface area (Å²) in [6, 6.07) is 0. The first kappa shape index (κ1) is 11.4. The van der Waals surface area contributed by atoms with Gasteiger partial charge in [-0.05, 0) is 25.7 Å². The van der Waals surface area contributed by atoms with Gasteiger partial charge in [-0.15, -0.1) is 0 Å². The van der Waals surface area contributed by atoms with Crippen molar-refractivity contribution in [3.8, 4) is 11.3 Å². The predicted octanol–water partition coefficient (Wildman–Crippen LogP) is 0.592. The molecule has 0 aliphatic rings. The van der Waals surface area contributed by atoms with Crippen LogP contribution < -0.4 is 0 Å². The van der Waals surface area contributed by atoms with Gasteiger partial charge in [-0.1, -0.05) is 5.92 Å². The molecule has 0 N–H and O–H groups in total. The molecule has 0 bridgehead atoms. The van der Waals surface area contributed by atoms with E-state index in [1.54, 1.807) is 0 Å². The number of hydrogen-bond acceptors (Lipinski definition) is 1. The maximum absolute atomic E-state index is 5.06. The number of hydrogen-bond donors (Lipinski definition) is 0.